The second kappa shape index (κ2) is 5.29. The highest BCUT2D eigenvalue weighted by Crippen LogP contribution is 2.65. The van der Waals surface area contributed by atoms with E-state index in [-0.39, 0.29) is 5.41 Å². The molecule has 2 N–H and O–H groups in total. The summed E-state index contributed by atoms with van der Waals surface area (Å²) < 4.78 is 0. The third-order valence-electron chi connectivity index (χ3n) is 8.64. The summed E-state index contributed by atoms with van der Waals surface area (Å²) in [5.74, 6) is 3.57. The fourth-order valence-corrected chi connectivity index (χ4v) is 7.25. The predicted molar refractivity (Wildman–Crippen MR) is 88.0 cm³/mol. The first-order valence-electron chi connectivity index (χ1n) is 9.67. The maximum Gasteiger partial charge on any atom is 0.139 e. The van der Waals surface area contributed by atoms with Gasteiger partial charge in [-0.05, 0) is 80.5 Å². The van der Waals surface area contributed by atoms with Crippen LogP contribution in [0.3, 0.4) is 0 Å². The van der Waals surface area contributed by atoms with Gasteiger partial charge in [0.2, 0.25) is 0 Å². The Morgan fingerprint density at radius 2 is 1.91 bits per heavy atom. The summed E-state index contributed by atoms with van der Waals surface area (Å²) in [6.45, 7) is 4.81. The SMILES string of the molecule is C[C@]12CC[C@H](N[NH+]=[N-])C[C@@H]1CC[C@@H]1[C@H]3CCC(=O)[C@@]3(C)CC[C@@H]12. The quantitative estimate of drug-likeness (QED) is 0.607. The van der Waals surface area contributed by atoms with Gasteiger partial charge in [0.05, 0.1) is 0 Å². The highest BCUT2D eigenvalue weighted by atomic mass is 16.1. The maximum absolute atomic E-state index is 12.4. The molecular formula is C19H31N3O. The number of carbonyl (C=O) groups is 1. The van der Waals surface area contributed by atoms with E-state index in [2.05, 4.69) is 24.5 Å². The van der Waals surface area contributed by atoms with Gasteiger partial charge in [0.25, 0.3) is 0 Å². The Kier molecular flexibility index (Phi) is 3.58. The van der Waals surface area contributed by atoms with Crippen molar-refractivity contribution in [3.05, 3.63) is 5.53 Å². The number of Topliss-reactive ketones (excluding diaryl/α,β-unsaturated/α-hetero) is 1. The standard InChI is InChI=1S/C19H31N3O/c1-18-9-7-13(21-22-20)11-12(18)3-4-14-15-5-6-17(23)19(15,2)10-8-16(14)18/h12-16,22H,3-11H2,1-2H3,(H-,20,21)/t12-,13-,14+,15+,16-,18-,19-/m0/s1. The highest BCUT2D eigenvalue weighted by Gasteiger charge is 2.60. The number of rotatable bonds is 2. The lowest BCUT2D eigenvalue weighted by Crippen LogP contribution is -2.78. The fourth-order valence-electron chi connectivity index (χ4n) is 7.25. The summed E-state index contributed by atoms with van der Waals surface area (Å²) in [7, 11) is 0. The number of hydrogen-bond donors (Lipinski definition) is 2. The summed E-state index contributed by atoms with van der Waals surface area (Å²) in [4.78, 5) is 12.4. The van der Waals surface area contributed by atoms with Crippen molar-refractivity contribution < 1.29 is 10.0 Å². The Bertz CT molecular complexity index is 521. The van der Waals surface area contributed by atoms with Crippen LogP contribution in [-0.4, -0.2) is 11.8 Å². The molecule has 4 heteroatoms. The molecule has 0 spiro atoms. The van der Waals surface area contributed by atoms with Crippen molar-refractivity contribution in [1.82, 2.24) is 5.43 Å². The molecule has 7 atom stereocenters. The van der Waals surface area contributed by atoms with Crippen LogP contribution in [0.15, 0.2) is 0 Å². The number of hydrogen-bond acceptors (Lipinski definition) is 1. The van der Waals surface area contributed by atoms with Crippen LogP contribution in [0.4, 0.5) is 0 Å². The molecule has 4 nitrogen and oxygen atoms in total. The number of nitrogens with zero attached hydrogens (tertiary/aromatic N) is 1. The van der Waals surface area contributed by atoms with Crippen LogP contribution in [-0.2, 0) is 4.79 Å². The van der Waals surface area contributed by atoms with Crippen LogP contribution in [0, 0.1) is 34.5 Å². The van der Waals surface area contributed by atoms with Gasteiger partial charge < -0.3 is 0 Å². The second-order valence-corrected chi connectivity index (χ2v) is 9.30. The number of fused-ring (bicyclic) bond motifs is 5. The Labute approximate surface area is 139 Å². The molecule has 0 heterocycles. The Morgan fingerprint density at radius 3 is 2.70 bits per heavy atom. The lowest BCUT2D eigenvalue weighted by Gasteiger charge is -2.60. The van der Waals surface area contributed by atoms with E-state index in [4.69, 9.17) is 5.53 Å². The lowest BCUT2D eigenvalue weighted by molar-refractivity contribution is -0.557. The van der Waals surface area contributed by atoms with E-state index < -0.39 is 0 Å². The van der Waals surface area contributed by atoms with Gasteiger partial charge in [-0.25, -0.2) is 0 Å². The summed E-state index contributed by atoms with van der Waals surface area (Å²) >= 11 is 0. The van der Waals surface area contributed by atoms with E-state index in [1.165, 1.54) is 32.1 Å². The summed E-state index contributed by atoms with van der Waals surface area (Å²) in [6, 6.07) is 0.400. The van der Waals surface area contributed by atoms with Crippen LogP contribution in [0.2, 0.25) is 0 Å². The molecule has 4 aliphatic carbocycles. The van der Waals surface area contributed by atoms with Crippen LogP contribution < -0.4 is 10.6 Å². The Balaban J connectivity index is 1.57. The molecule has 0 aromatic heterocycles. The first-order valence-corrected chi connectivity index (χ1v) is 9.67. The first kappa shape index (κ1) is 15.6. The van der Waals surface area contributed by atoms with Gasteiger partial charge in [-0.1, -0.05) is 13.8 Å². The van der Waals surface area contributed by atoms with Crippen LogP contribution in [0.25, 0.3) is 5.53 Å². The van der Waals surface area contributed by atoms with Crippen molar-refractivity contribution in [2.45, 2.75) is 77.7 Å². The van der Waals surface area contributed by atoms with Crippen molar-refractivity contribution >= 4 is 5.78 Å². The average molecular weight is 317 g/mol. The molecule has 23 heavy (non-hydrogen) atoms. The minimum Gasteiger partial charge on any atom is -0.299 e. The van der Waals surface area contributed by atoms with Gasteiger partial charge in [-0.2, -0.15) is 10.8 Å². The molecule has 4 aliphatic rings. The monoisotopic (exact) mass is 317 g/mol. The molecule has 0 aromatic carbocycles. The van der Waals surface area contributed by atoms with Crippen LogP contribution in [0.5, 0.6) is 0 Å². The summed E-state index contributed by atoms with van der Waals surface area (Å²) in [6.07, 6.45) is 10.6. The first-order chi connectivity index (χ1) is 11.0. The topological polar surface area (TPSA) is 65.4 Å². The zero-order chi connectivity index (χ0) is 16.2. The third-order valence-corrected chi connectivity index (χ3v) is 8.64. The molecule has 0 bridgehead atoms. The van der Waals surface area contributed by atoms with Gasteiger partial charge in [0.1, 0.15) is 5.78 Å². The van der Waals surface area contributed by atoms with E-state index >= 15 is 0 Å². The Morgan fingerprint density at radius 1 is 1.09 bits per heavy atom. The van der Waals surface area contributed by atoms with Gasteiger partial charge >= 0.3 is 0 Å². The van der Waals surface area contributed by atoms with E-state index in [0.717, 1.165) is 43.4 Å². The van der Waals surface area contributed by atoms with Crippen LogP contribution in [0.1, 0.15) is 71.6 Å². The molecule has 0 unspecified atom stereocenters. The zero-order valence-electron chi connectivity index (χ0n) is 14.6. The molecule has 0 saturated heterocycles. The molecule has 4 rings (SSSR count). The minimum atomic E-state index is 0.00390. The Hall–Kier alpha value is -0.930. The minimum absolute atomic E-state index is 0.00390. The smallest absolute Gasteiger partial charge is 0.139 e. The van der Waals surface area contributed by atoms with Crippen molar-refractivity contribution in [1.29, 1.82) is 0 Å². The van der Waals surface area contributed by atoms with Gasteiger partial charge in [0.15, 0.2) is 0 Å². The second-order valence-electron chi connectivity index (χ2n) is 9.30. The van der Waals surface area contributed by atoms with E-state index in [0.29, 0.717) is 23.2 Å². The van der Waals surface area contributed by atoms with E-state index in [9.17, 15) is 4.79 Å². The number of hydrazine groups is 1. The lowest BCUT2D eigenvalue weighted by atomic mass is 9.45. The molecular weight excluding hydrogens is 286 g/mol. The largest absolute Gasteiger partial charge is 0.299 e. The predicted octanol–water partition coefficient (Wildman–Crippen LogP) is 2.57. The van der Waals surface area contributed by atoms with Crippen molar-refractivity contribution in [3.8, 4) is 0 Å². The number of ketones is 1. The molecule has 0 amide bonds. The molecule has 0 radical (unpaired) electrons. The van der Waals surface area contributed by atoms with Gasteiger partial charge in [-0.3, -0.25) is 10.2 Å². The number of carbonyl (C=O) groups excluding carboxylic acids is 1. The van der Waals surface area contributed by atoms with Gasteiger partial charge in [-0.15, -0.1) is 0 Å². The van der Waals surface area contributed by atoms with E-state index in [1.807, 2.05) is 0 Å². The number of nitrogens with one attached hydrogen (secondary N) is 2. The normalized spacial score (nSPS) is 52.3. The summed E-state index contributed by atoms with van der Waals surface area (Å²) in [5, 5.41) is 2.15. The molecule has 4 fully saturated rings. The molecule has 0 aromatic rings. The van der Waals surface area contributed by atoms with Crippen molar-refractivity contribution in [2.75, 3.05) is 0 Å². The molecule has 0 aliphatic heterocycles. The average Bonchev–Trinajstić information content (AvgIpc) is 2.84. The fraction of sp³-hybridized carbons (Fsp3) is 0.947. The van der Waals surface area contributed by atoms with Crippen LogP contribution >= 0.6 is 0 Å². The van der Waals surface area contributed by atoms with Gasteiger partial charge in [0, 0.05) is 17.9 Å². The summed E-state index contributed by atoms with van der Waals surface area (Å²) in [5.41, 5.74) is 12.4. The zero-order valence-corrected chi connectivity index (χ0v) is 14.6. The third kappa shape index (κ3) is 2.12. The highest BCUT2D eigenvalue weighted by molar-refractivity contribution is 5.87. The van der Waals surface area contributed by atoms with Crippen molar-refractivity contribution in [2.24, 2.45) is 34.5 Å². The molecule has 4 saturated carbocycles. The van der Waals surface area contributed by atoms with Crippen molar-refractivity contribution in [3.63, 3.8) is 0 Å². The van der Waals surface area contributed by atoms with E-state index in [1.54, 1.807) is 0 Å². The maximum atomic E-state index is 12.4. The molecule has 128 valence electrons.